The van der Waals surface area contributed by atoms with Crippen LogP contribution in [0.4, 0.5) is 0 Å². The number of carbonyl (C=O) groups excluding carboxylic acids is 1. The van der Waals surface area contributed by atoms with E-state index in [2.05, 4.69) is 15.5 Å². The summed E-state index contributed by atoms with van der Waals surface area (Å²) in [6.45, 7) is 0.414. The second kappa shape index (κ2) is 5.59. The standard InChI is InChI=1S/C8H13ClN4O/c1-13-6-11-12-7(13)5-10-8(14)3-2-4-9/h6H,2-5H2,1H3,(H,10,14). The van der Waals surface area contributed by atoms with Crippen molar-refractivity contribution in [2.75, 3.05) is 5.88 Å². The number of aryl methyl sites for hydroxylation is 1. The fraction of sp³-hybridized carbons (Fsp3) is 0.625. The molecule has 6 heteroatoms. The van der Waals surface area contributed by atoms with Crippen molar-refractivity contribution in [3.05, 3.63) is 12.2 Å². The molecule has 0 spiro atoms. The van der Waals surface area contributed by atoms with Gasteiger partial charge < -0.3 is 9.88 Å². The lowest BCUT2D eigenvalue weighted by Gasteiger charge is -2.03. The number of alkyl halides is 1. The molecule has 0 fully saturated rings. The monoisotopic (exact) mass is 216 g/mol. The van der Waals surface area contributed by atoms with Crippen molar-refractivity contribution in [1.82, 2.24) is 20.1 Å². The lowest BCUT2D eigenvalue weighted by Crippen LogP contribution is -2.24. The van der Waals surface area contributed by atoms with Crippen molar-refractivity contribution in [3.63, 3.8) is 0 Å². The molecule has 1 aromatic heterocycles. The number of aromatic nitrogens is 3. The van der Waals surface area contributed by atoms with Crippen molar-refractivity contribution in [3.8, 4) is 0 Å². The van der Waals surface area contributed by atoms with E-state index in [0.29, 0.717) is 25.3 Å². The summed E-state index contributed by atoms with van der Waals surface area (Å²) in [7, 11) is 1.83. The molecule has 0 saturated heterocycles. The van der Waals surface area contributed by atoms with Crippen LogP contribution < -0.4 is 5.32 Å². The molecule has 5 nitrogen and oxygen atoms in total. The Morgan fingerprint density at radius 3 is 3.07 bits per heavy atom. The normalized spacial score (nSPS) is 10.1. The predicted molar refractivity (Wildman–Crippen MR) is 52.8 cm³/mol. The van der Waals surface area contributed by atoms with Crippen LogP contribution in [0.2, 0.25) is 0 Å². The fourth-order valence-corrected chi connectivity index (χ4v) is 1.09. The largest absolute Gasteiger partial charge is 0.349 e. The van der Waals surface area contributed by atoms with Gasteiger partial charge in [0.25, 0.3) is 0 Å². The third kappa shape index (κ3) is 3.33. The average molecular weight is 217 g/mol. The van der Waals surface area contributed by atoms with Crippen LogP contribution in [0.25, 0.3) is 0 Å². The molecule has 0 aliphatic rings. The number of amides is 1. The molecule has 0 aliphatic heterocycles. The highest BCUT2D eigenvalue weighted by Crippen LogP contribution is 1.94. The third-order valence-electron chi connectivity index (χ3n) is 1.79. The highest BCUT2D eigenvalue weighted by atomic mass is 35.5. The highest BCUT2D eigenvalue weighted by Gasteiger charge is 2.03. The number of nitrogens with zero attached hydrogens (tertiary/aromatic N) is 3. The number of nitrogens with one attached hydrogen (secondary N) is 1. The van der Waals surface area contributed by atoms with Crippen LogP contribution in [-0.4, -0.2) is 26.6 Å². The van der Waals surface area contributed by atoms with Crippen LogP contribution >= 0.6 is 11.6 Å². The first-order valence-corrected chi connectivity index (χ1v) is 4.93. The van der Waals surface area contributed by atoms with Gasteiger partial charge in [-0.05, 0) is 6.42 Å². The van der Waals surface area contributed by atoms with Gasteiger partial charge in [0.2, 0.25) is 5.91 Å². The zero-order valence-electron chi connectivity index (χ0n) is 8.03. The first-order valence-electron chi connectivity index (χ1n) is 4.39. The van der Waals surface area contributed by atoms with Gasteiger partial charge in [0.05, 0.1) is 6.54 Å². The zero-order valence-corrected chi connectivity index (χ0v) is 8.79. The van der Waals surface area contributed by atoms with E-state index in [1.807, 2.05) is 7.05 Å². The number of hydrogen-bond acceptors (Lipinski definition) is 3. The van der Waals surface area contributed by atoms with Crippen LogP contribution in [0.15, 0.2) is 6.33 Å². The molecule has 1 rings (SSSR count). The van der Waals surface area contributed by atoms with E-state index in [9.17, 15) is 4.79 Å². The maximum atomic E-state index is 11.2. The molecule has 1 N–H and O–H groups in total. The highest BCUT2D eigenvalue weighted by molar-refractivity contribution is 6.17. The minimum absolute atomic E-state index is 0.00588. The van der Waals surface area contributed by atoms with E-state index in [1.165, 1.54) is 0 Å². The lowest BCUT2D eigenvalue weighted by atomic mass is 10.3. The van der Waals surface area contributed by atoms with Gasteiger partial charge in [0.15, 0.2) is 5.82 Å². The van der Waals surface area contributed by atoms with Crippen LogP contribution in [0.3, 0.4) is 0 Å². The minimum Gasteiger partial charge on any atom is -0.349 e. The number of hydrogen-bond donors (Lipinski definition) is 1. The predicted octanol–water partition coefficient (Wildman–Crippen LogP) is 0.450. The lowest BCUT2D eigenvalue weighted by molar-refractivity contribution is -0.121. The number of halogens is 1. The molecule has 1 aromatic rings. The molecule has 1 heterocycles. The molecule has 0 aromatic carbocycles. The summed E-state index contributed by atoms with van der Waals surface area (Å²) in [6, 6.07) is 0. The first kappa shape index (κ1) is 11.0. The van der Waals surface area contributed by atoms with Crippen molar-refractivity contribution in [1.29, 1.82) is 0 Å². The molecular weight excluding hydrogens is 204 g/mol. The summed E-state index contributed by atoms with van der Waals surface area (Å²) in [5.74, 6) is 1.25. The van der Waals surface area contributed by atoms with E-state index in [0.717, 1.165) is 5.82 Å². The van der Waals surface area contributed by atoms with E-state index < -0.39 is 0 Å². The van der Waals surface area contributed by atoms with Crippen LogP contribution in [0, 0.1) is 0 Å². The van der Waals surface area contributed by atoms with Gasteiger partial charge in [-0.25, -0.2) is 0 Å². The smallest absolute Gasteiger partial charge is 0.220 e. The van der Waals surface area contributed by atoms with Gasteiger partial charge >= 0.3 is 0 Å². The molecule has 78 valence electrons. The second-order valence-electron chi connectivity index (χ2n) is 2.93. The summed E-state index contributed by atoms with van der Waals surface area (Å²) in [5, 5.41) is 10.3. The van der Waals surface area contributed by atoms with Crippen LogP contribution in [0.5, 0.6) is 0 Å². The molecule has 0 atom stereocenters. The first-order chi connectivity index (χ1) is 6.74. The molecule has 0 saturated carbocycles. The Morgan fingerprint density at radius 2 is 2.50 bits per heavy atom. The van der Waals surface area contributed by atoms with E-state index in [-0.39, 0.29) is 5.91 Å². The van der Waals surface area contributed by atoms with Crippen molar-refractivity contribution in [2.24, 2.45) is 7.05 Å². The Bertz CT molecular complexity index is 299. The molecule has 1 amide bonds. The second-order valence-corrected chi connectivity index (χ2v) is 3.31. The minimum atomic E-state index is -0.00588. The molecule has 0 unspecified atom stereocenters. The van der Waals surface area contributed by atoms with Crippen molar-refractivity contribution < 1.29 is 4.79 Å². The molecule has 0 bridgehead atoms. The topological polar surface area (TPSA) is 59.8 Å². The van der Waals surface area contributed by atoms with Gasteiger partial charge in [-0.15, -0.1) is 21.8 Å². The van der Waals surface area contributed by atoms with Crippen LogP contribution in [-0.2, 0) is 18.4 Å². The Kier molecular flexibility index (Phi) is 4.39. The van der Waals surface area contributed by atoms with Crippen LogP contribution in [0.1, 0.15) is 18.7 Å². The average Bonchev–Trinajstić information content (AvgIpc) is 2.58. The van der Waals surface area contributed by atoms with Gasteiger partial charge in [-0.1, -0.05) is 0 Å². The summed E-state index contributed by atoms with van der Waals surface area (Å²) >= 11 is 5.46. The zero-order chi connectivity index (χ0) is 10.4. The SMILES string of the molecule is Cn1cnnc1CNC(=O)CCCCl. The maximum absolute atomic E-state index is 11.2. The third-order valence-corrected chi connectivity index (χ3v) is 2.05. The Hall–Kier alpha value is -1.10. The number of rotatable bonds is 5. The van der Waals surface area contributed by atoms with Gasteiger partial charge in [0, 0.05) is 19.3 Å². The Labute approximate surface area is 87.5 Å². The maximum Gasteiger partial charge on any atom is 0.220 e. The van der Waals surface area contributed by atoms with Crippen molar-refractivity contribution in [2.45, 2.75) is 19.4 Å². The fourth-order valence-electron chi connectivity index (χ4n) is 0.961. The van der Waals surface area contributed by atoms with Gasteiger partial charge in [-0.3, -0.25) is 4.79 Å². The van der Waals surface area contributed by atoms with E-state index >= 15 is 0 Å². The molecule has 14 heavy (non-hydrogen) atoms. The molecule has 0 aliphatic carbocycles. The quantitative estimate of drug-likeness (QED) is 0.728. The Balaban J connectivity index is 2.27. The summed E-state index contributed by atoms with van der Waals surface area (Å²) in [4.78, 5) is 11.2. The van der Waals surface area contributed by atoms with E-state index in [1.54, 1.807) is 10.9 Å². The Morgan fingerprint density at radius 1 is 1.71 bits per heavy atom. The summed E-state index contributed by atoms with van der Waals surface area (Å²) in [5.41, 5.74) is 0. The molecular formula is C8H13ClN4O. The van der Waals surface area contributed by atoms with Gasteiger partial charge in [0.1, 0.15) is 6.33 Å². The summed E-state index contributed by atoms with van der Waals surface area (Å²) < 4.78 is 1.77. The van der Waals surface area contributed by atoms with E-state index in [4.69, 9.17) is 11.6 Å². The molecule has 0 radical (unpaired) electrons. The van der Waals surface area contributed by atoms with Crippen molar-refractivity contribution >= 4 is 17.5 Å². The summed E-state index contributed by atoms with van der Waals surface area (Å²) in [6.07, 6.45) is 2.76. The van der Waals surface area contributed by atoms with Gasteiger partial charge in [-0.2, -0.15) is 0 Å². The number of carbonyl (C=O) groups is 1.